The summed E-state index contributed by atoms with van der Waals surface area (Å²) in [6.07, 6.45) is 4.09. The molecule has 17 heavy (non-hydrogen) atoms. The van der Waals surface area contributed by atoms with Crippen LogP contribution in [0.15, 0.2) is 0 Å². The Kier molecular flexibility index (Phi) is 8.37. The van der Waals surface area contributed by atoms with Gasteiger partial charge in [-0.2, -0.15) is 0 Å². The van der Waals surface area contributed by atoms with Crippen LogP contribution in [0.2, 0.25) is 0 Å². The van der Waals surface area contributed by atoms with Crippen molar-refractivity contribution in [1.82, 2.24) is 10.0 Å². The van der Waals surface area contributed by atoms with Crippen molar-refractivity contribution >= 4 is 22.4 Å². The molecule has 2 N–H and O–H groups in total. The Bertz CT molecular complexity index is 286. The molecule has 104 valence electrons. The lowest BCUT2D eigenvalue weighted by atomic mass is 10.1. The van der Waals surface area contributed by atoms with Crippen molar-refractivity contribution in [1.29, 1.82) is 0 Å². The zero-order valence-corrected chi connectivity index (χ0v) is 12.4. The van der Waals surface area contributed by atoms with E-state index in [1.54, 1.807) is 0 Å². The van der Waals surface area contributed by atoms with Crippen LogP contribution in [0.1, 0.15) is 39.5 Å². The fraction of sp³-hybridized carbons (Fsp3) is 1.00. The van der Waals surface area contributed by atoms with Gasteiger partial charge in [-0.25, -0.2) is 13.1 Å². The van der Waals surface area contributed by atoms with Crippen molar-refractivity contribution in [2.75, 3.05) is 18.8 Å². The lowest BCUT2D eigenvalue weighted by Crippen LogP contribution is -2.39. The minimum atomic E-state index is -3.08. The van der Waals surface area contributed by atoms with E-state index in [-0.39, 0.29) is 24.1 Å². The van der Waals surface area contributed by atoms with Crippen LogP contribution < -0.4 is 10.0 Å². The molecule has 1 rings (SSSR count). The molecule has 0 bridgehead atoms. The third kappa shape index (κ3) is 6.60. The minimum absolute atomic E-state index is 0. The van der Waals surface area contributed by atoms with Crippen molar-refractivity contribution in [3.05, 3.63) is 0 Å². The zero-order valence-electron chi connectivity index (χ0n) is 10.7. The largest absolute Gasteiger partial charge is 0.313 e. The fourth-order valence-electron chi connectivity index (χ4n) is 2.05. The minimum Gasteiger partial charge on any atom is -0.313 e. The molecule has 0 spiro atoms. The van der Waals surface area contributed by atoms with Gasteiger partial charge in [-0.3, -0.25) is 0 Å². The van der Waals surface area contributed by atoms with Gasteiger partial charge in [0, 0.05) is 12.6 Å². The van der Waals surface area contributed by atoms with Gasteiger partial charge >= 0.3 is 0 Å². The van der Waals surface area contributed by atoms with E-state index >= 15 is 0 Å². The predicted octanol–water partition coefficient (Wildman–Crippen LogP) is 1.52. The van der Waals surface area contributed by atoms with Gasteiger partial charge < -0.3 is 5.32 Å². The Morgan fingerprint density at radius 1 is 1.35 bits per heavy atom. The molecule has 4 nitrogen and oxygen atoms in total. The van der Waals surface area contributed by atoms with E-state index in [0.717, 1.165) is 32.2 Å². The summed E-state index contributed by atoms with van der Waals surface area (Å²) in [7, 11) is -3.08. The summed E-state index contributed by atoms with van der Waals surface area (Å²) in [5, 5.41) is 3.28. The molecule has 1 aliphatic rings. The Balaban J connectivity index is 0.00000256. The highest BCUT2D eigenvalue weighted by molar-refractivity contribution is 7.89. The second-order valence-corrected chi connectivity index (χ2v) is 6.46. The molecule has 1 aliphatic heterocycles. The van der Waals surface area contributed by atoms with Gasteiger partial charge in [-0.1, -0.05) is 26.7 Å². The second-order valence-electron chi connectivity index (χ2n) is 4.61. The van der Waals surface area contributed by atoms with E-state index in [1.165, 1.54) is 0 Å². The second kappa shape index (κ2) is 8.29. The van der Waals surface area contributed by atoms with Gasteiger partial charge in [-0.05, 0) is 25.3 Å². The first kappa shape index (κ1) is 17.2. The predicted molar refractivity (Wildman–Crippen MR) is 74.1 cm³/mol. The molecule has 0 aliphatic carbocycles. The number of rotatable bonds is 7. The standard InChI is InChI=1S/C11H24N2O2S.ClH/c1-3-10(4-2)9-16(14,15)13-8-11-6-5-7-12-11;/h10-13H,3-9H2,1-2H3;1H. The molecule has 0 amide bonds. The molecule has 0 aromatic heterocycles. The van der Waals surface area contributed by atoms with Gasteiger partial charge in [0.05, 0.1) is 5.75 Å². The van der Waals surface area contributed by atoms with Crippen molar-refractivity contribution in [3.63, 3.8) is 0 Å². The van der Waals surface area contributed by atoms with Crippen molar-refractivity contribution in [3.8, 4) is 0 Å². The number of halogens is 1. The van der Waals surface area contributed by atoms with Gasteiger partial charge in [0.2, 0.25) is 10.0 Å². The van der Waals surface area contributed by atoms with E-state index in [4.69, 9.17) is 0 Å². The molecule has 1 fully saturated rings. The van der Waals surface area contributed by atoms with E-state index in [9.17, 15) is 8.42 Å². The van der Waals surface area contributed by atoms with Gasteiger partial charge in [0.15, 0.2) is 0 Å². The maximum Gasteiger partial charge on any atom is 0.211 e. The van der Waals surface area contributed by atoms with Crippen molar-refractivity contribution < 1.29 is 8.42 Å². The molecular weight excluding hydrogens is 260 g/mol. The summed E-state index contributed by atoms with van der Waals surface area (Å²) < 4.78 is 26.3. The molecule has 1 heterocycles. The van der Waals surface area contributed by atoms with Crippen LogP contribution in [0.3, 0.4) is 0 Å². The zero-order chi connectivity index (χ0) is 12.0. The van der Waals surface area contributed by atoms with E-state index < -0.39 is 10.0 Å². The molecule has 0 aromatic rings. The molecule has 6 heteroatoms. The first-order valence-electron chi connectivity index (χ1n) is 6.28. The maximum atomic E-state index is 11.8. The van der Waals surface area contributed by atoms with Crippen LogP contribution in [-0.4, -0.2) is 33.3 Å². The lowest BCUT2D eigenvalue weighted by Gasteiger charge is -2.15. The summed E-state index contributed by atoms with van der Waals surface area (Å²) in [4.78, 5) is 0. The van der Waals surface area contributed by atoms with Crippen LogP contribution in [-0.2, 0) is 10.0 Å². The van der Waals surface area contributed by atoms with E-state index in [1.807, 2.05) is 13.8 Å². The van der Waals surface area contributed by atoms with Gasteiger partial charge in [-0.15, -0.1) is 12.4 Å². The molecular formula is C11H25ClN2O2S. The third-order valence-electron chi connectivity index (χ3n) is 3.32. The monoisotopic (exact) mass is 284 g/mol. The Labute approximate surface area is 111 Å². The van der Waals surface area contributed by atoms with E-state index in [2.05, 4.69) is 10.0 Å². The van der Waals surface area contributed by atoms with Gasteiger partial charge in [0.1, 0.15) is 0 Å². The van der Waals surface area contributed by atoms with Crippen LogP contribution in [0, 0.1) is 5.92 Å². The lowest BCUT2D eigenvalue weighted by molar-refractivity contribution is 0.509. The highest BCUT2D eigenvalue weighted by Gasteiger charge is 2.19. The first-order valence-corrected chi connectivity index (χ1v) is 7.93. The summed E-state index contributed by atoms with van der Waals surface area (Å²) >= 11 is 0. The normalized spacial score (nSPS) is 20.5. The molecule has 0 radical (unpaired) electrons. The highest BCUT2D eigenvalue weighted by atomic mass is 35.5. The van der Waals surface area contributed by atoms with E-state index in [0.29, 0.717) is 12.6 Å². The van der Waals surface area contributed by atoms with Gasteiger partial charge in [0.25, 0.3) is 0 Å². The summed E-state index contributed by atoms with van der Waals surface area (Å²) in [5.41, 5.74) is 0. The van der Waals surface area contributed by atoms with Crippen LogP contribution in [0.4, 0.5) is 0 Å². The Hall–Kier alpha value is 0.160. The van der Waals surface area contributed by atoms with Crippen molar-refractivity contribution in [2.45, 2.75) is 45.6 Å². The molecule has 1 atom stereocenters. The fourth-order valence-corrected chi connectivity index (χ4v) is 3.72. The number of sulfonamides is 1. The number of hydrogen-bond acceptors (Lipinski definition) is 3. The Morgan fingerprint density at radius 3 is 2.47 bits per heavy atom. The quantitative estimate of drug-likeness (QED) is 0.745. The summed E-state index contributed by atoms with van der Waals surface area (Å²) in [6, 6.07) is 0.330. The number of nitrogens with one attached hydrogen (secondary N) is 2. The topological polar surface area (TPSA) is 58.2 Å². The molecule has 0 aromatic carbocycles. The third-order valence-corrected chi connectivity index (χ3v) is 4.84. The number of hydrogen-bond donors (Lipinski definition) is 2. The molecule has 1 saturated heterocycles. The van der Waals surface area contributed by atoms with Crippen LogP contribution in [0.5, 0.6) is 0 Å². The first-order chi connectivity index (χ1) is 7.57. The maximum absolute atomic E-state index is 11.8. The summed E-state index contributed by atoms with van der Waals surface area (Å²) in [5.74, 6) is 0.557. The smallest absolute Gasteiger partial charge is 0.211 e. The average molecular weight is 285 g/mol. The molecule has 1 unspecified atom stereocenters. The van der Waals surface area contributed by atoms with Crippen LogP contribution in [0.25, 0.3) is 0 Å². The van der Waals surface area contributed by atoms with Crippen LogP contribution >= 0.6 is 12.4 Å². The highest BCUT2D eigenvalue weighted by Crippen LogP contribution is 2.10. The SMILES string of the molecule is CCC(CC)CS(=O)(=O)NCC1CCCN1.Cl. The van der Waals surface area contributed by atoms with Crippen molar-refractivity contribution in [2.24, 2.45) is 5.92 Å². The Morgan fingerprint density at radius 2 is 2.00 bits per heavy atom. The average Bonchev–Trinajstić information content (AvgIpc) is 2.76. The molecule has 0 saturated carbocycles. The summed E-state index contributed by atoms with van der Waals surface area (Å²) in [6.45, 7) is 5.64.